The molecule has 2 unspecified atom stereocenters. The summed E-state index contributed by atoms with van der Waals surface area (Å²) in [4.78, 5) is 11.1. The van der Waals surface area contributed by atoms with Crippen LogP contribution in [0.1, 0.15) is 24.2 Å². The highest BCUT2D eigenvalue weighted by Crippen LogP contribution is 2.32. The van der Waals surface area contributed by atoms with Crippen LogP contribution in [0.25, 0.3) is 0 Å². The number of nitrogen functional groups attached to an aromatic ring is 1. The zero-order valence-electron chi connectivity index (χ0n) is 9.48. The predicted octanol–water partition coefficient (Wildman–Crippen LogP) is 1.97. The maximum Gasteiger partial charge on any atom is 0.338 e. The van der Waals surface area contributed by atoms with Crippen molar-refractivity contribution in [3.63, 3.8) is 0 Å². The number of nitrogens with two attached hydrogens (primary N) is 1. The molecule has 17 heavy (non-hydrogen) atoms. The summed E-state index contributed by atoms with van der Waals surface area (Å²) < 4.78 is 13.4. The number of aliphatic hydroxyl groups excluding tert-OH is 1. The molecule has 0 aliphatic heterocycles. The Labute approximate surface area is 103 Å². The number of aromatic carboxylic acids is 1. The van der Waals surface area contributed by atoms with Crippen molar-refractivity contribution in [1.29, 1.82) is 0 Å². The van der Waals surface area contributed by atoms with Gasteiger partial charge >= 0.3 is 5.97 Å². The Balaban J connectivity index is 3.03. The van der Waals surface area contributed by atoms with E-state index in [9.17, 15) is 14.3 Å². The Morgan fingerprint density at radius 1 is 1.47 bits per heavy atom. The molecule has 0 saturated carbocycles. The van der Waals surface area contributed by atoms with Gasteiger partial charge in [0.15, 0.2) is 0 Å². The summed E-state index contributed by atoms with van der Waals surface area (Å²) in [7, 11) is 0. The number of carboxylic acids is 1. The minimum Gasteiger partial charge on any atom is -0.478 e. The van der Waals surface area contributed by atoms with E-state index in [0.717, 1.165) is 12.1 Å². The minimum atomic E-state index is -1.35. The summed E-state index contributed by atoms with van der Waals surface area (Å²) in [6.07, 6.45) is -0.568. The number of benzene rings is 1. The molecule has 4 nitrogen and oxygen atoms in total. The number of halogens is 1. The second-order valence-corrected chi connectivity index (χ2v) is 5.16. The van der Waals surface area contributed by atoms with Gasteiger partial charge in [-0.2, -0.15) is 0 Å². The van der Waals surface area contributed by atoms with Crippen LogP contribution in [0.4, 0.5) is 10.1 Å². The van der Waals surface area contributed by atoms with E-state index in [2.05, 4.69) is 0 Å². The van der Waals surface area contributed by atoms with Crippen molar-refractivity contribution in [1.82, 2.24) is 0 Å². The molecule has 1 rings (SSSR count). The topological polar surface area (TPSA) is 83.5 Å². The molecule has 0 bridgehead atoms. The number of aliphatic hydroxyl groups is 1. The number of hydrogen-bond acceptors (Lipinski definition) is 4. The van der Waals surface area contributed by atoms with Gasteiger partial charge in [0.2, 0.25) is 0 Å². The lowest BCUT2D eigenvalue weighted by Crippen LogP contribution is -2.15. The van der Waals surface area contributed by atoms with Crippen molar-refractivity contribution in [2.75, 3.05) is 5.73 Å². The quantitative estimate of drug-likeness (QED) is 0.568. The molecule has 0 fully saturated rings. The maximum absolute atomic E-state index is 13.4. The third kappa shape index (κ3) is 3.34. The molecule has 1 aromatic carbocycles. The summed E-state index contributed by atoms with van der Waals surface area (Å²) in [5.41, 5.74) is 5.39. The van der Waals surface area contributed by atoms with Gasteiger partial charge in [0.25, 0.3) is 0 Å². The van der Waals surface area contributed by atoms with E-state index in [1.165, 1.54) is 11.8 Å². The van der Waals surface area contributed by atoms with Crippen LogP contribution in [-0.4, -0.2) is 27.5 Å². The fourth-order valence-electron chi connectivity index (χ4n) is 1.14. The van der Waals surface area contributed by atoms with Crippen LogP contribution in [-0.2, 0) is 0 Å². The molecule has 0 aliphatic rings. The zero-order valence-corrected chi connectivity index (χ0v) is 10.3. The summed E-state index contributed by atoms with van der Waals surface area (Å²) in [6, 6.07) is 2.18. The highest BCUT2D eigenvalue weighted by atomic mass is 32.2. The van der Waals surface area contributed by atoms with Crippen molar-refractivity contribution < 1.29 is 19.4 Å². The molecule has 6 heteroatoms. The van der Waals surface area contributed by atoms with Crippen molar-refractivity contribution in [2.45, 2.75) is 30.1 Å². The van der Waals surface area contributed by atoms with Gasteiger partial charge in [0.1, 0.15) is 5.82 Å². The van der Waals surface area contributed by atoms with Gasteiger partial charge in [0, 0.05) is 15.8 Å². The van der Waals surface area contributed by atoms with Gasteiger partial charge in [-0.3, -0.25) is 0 Å². The van der Waals surface area contributed by atoms with Gasteiger partial charge < -0.3 is 15.9 Å². The average Bonchev–Trinajstić information content (AvgIpc) is 2.22. The SMILES string of the molecule is CC(O)C(C)Sc1cc(F)c(C(=O)O)cc1N. The van der Waals surface area contributed by atoms with E-state index in [0.29, 0.717) is 4.90 Å². The Hall–Kier alpha value is -1.27. The molecule has 4 N–H and O–H groups in total. The molecule has 0 aliphatic carbocycles. The van der Waals surface area contributed by atoms with E-state index in [-0.39, 0.29) is 10.9 Å². The highest BCUT2D eigenvalue weighted by Gasteiger charge is 2.17. The summed E-state index contributed by atoms with van der Waals surface area (Å²) >= 11 is 1.20. The minimum absolute atomic E-state index is 0.160. The molecular weight excluding hydrogens is 245 g/mol. The predicted molar refractivity (Wildman–Crippen MR) is 64.8 cm³/mol. The van der Waals surface area contributed by atoms with Crippen LogP contribution < -0.4 is 5.73 Å². The number of anilines is 1. The Kier molecular flexibility index (Phi) is 4.36. The molecule has 0 saturated heterocycles. The first-order valence-electron chi connectivity index (χ1n) is 5.00. The summed E-state index contributed by atoms with van der Waals surface area (Å²) in [5.74, 6) is -2.18. The first-order valence-corrected chi connectivity index (χ1v) is 5.88. The normalized spacial score (nSPS) is 14.4. The van der Waals surface area contributed by atoms with Crippen molar-refractivity contribution in [2.24, 2.45) is 0 Å². The number of carbonyl (C=O) groups is 1. The zero-order chi connectivity index (χ0) is 13.2. The summed E-state index contributed by atoms with van der Waals surface area (Å²) in [6.45, 7) is 3.40. The van der Waals surface area contributed by atoms with Crippen LogP contribution in [0.2, 0.25) is 0 Å². The van der Waals surface area contributed by atoms with Gasteiger partial charge in [-0.1, -0.05) is 6.92 Å². The molecular formula is C11H14FNO3S. The highest BCUT2D eigenvalue weighted by molar-refractivity contribution is 8.00. The van der Waals surface area contributed by atoms with Gasteiger partial charge in [-0.05, 0) is 19.1 Å². The van der Waals surface area contributed by atoms with E-state index in [1.807, 2.05) is 0 Å². The maximum atomic E-state index is 13.4. The second-order valence-electron chi connectivity index (χ2n) is 3.74. The van der Waals surface area contributed by atoms with Crippen molar-refractivity contribution in [3.8, 4) is 0 Å². The Morgan fingerprint density at radius 3 is 2.53 bits per heavy atom. The monoisotopic (exact) mass is 259 g/mol. The van der Waals surface area contributed by atoms with Gasteiger partial charge in [-0.15, -0.1) is 11.8 Å². The van der Waals surface area contributed by atoms with Crippen molar-refractivity contribution in [3.05, 3.63) is 23.5 Å². The largest absolute Gasteiger partial charge is 0.478 e. The number of thioether (sulfide) groups is 1. The lowest BCUT2D eigenvalue weighted by molar-refractivity contribution is 0.0692. The van der Waals surface area contributed by atoms with Crippen LogP contribution in [0.15, 0.2) is 17.0 Å². The van der Waals surface area contributed by atoms with Crippen LogP contribution in [0.5, 0.6) is 0 Å². The molecule has 0 radical (unpaired) electrons. The lowest BCUT2D eigenvalue weighted by Gasteiger charge is -2.15. The smallest absolute Gasteiger partial charge is 0.338 e. The Morgan fingerprint density at radius 2 is 2.06 bits per heavy atom. The standard InChI is InChI=1S/C11H14FNO3S/c1-5(14)6(2)17-10-4-8(12)7(11(15)16)3-9(10)13/h3-6,14H,13H2,1-2H3,(H,15,16). The fraction of sp³-hybridized carbons (Fsp3) is 0.364. The molecule has 94 valence electrons. The van der Waals surface area contributed by atoms with E-state index < -0.39 is 23.5 Å². The lowest BCUT2D eigenvalue weighted by atomic mass is 10.2. The first-order chi connectivity index (χ1) is 7.82. The number of rotatable bonds is 4. The van der Waals surface area contributed by atoms with Crippen LogP contribution >= 0.6 is 11.8 Å². The first kappa shape index (κ1) is 13.8. The molecule has 0 spiro atoms. The number of carboxylic acid groups (broad SMARTS) is 1. The molecule has 0 heterocycles. The fourth-order valence-corrected chi connectivity index (χ4v) is 2.10. The Bertz CT molecular complexity index is 437. The van der Waals surface area contributed by atoms with Crippen LogP contribution in [0, 0.1) is 5.82 Å². The summed E-state index contributed by atoms with van der Waals surface area (Å²) in [5, 5.41) is 17.9. The van der Waals surface area contributed by atoms with E-state index >= 15 is 0 Å². The third-order valence-corrected chi connectivity index (χ3v) is 3.70. The van der Waals surface area contributed by atoms with Gasteiger partial charge in [-0.25, -0.2) is 9.18 Å². The second kappa shape index (κ2) is 5.37. The molecule has 2 atom stereocenters. The molecule has 0 amide bonds. The van der Waals surface area contributed by atoms with Gasteiger partial charge in [0.05, 0.1) is 11.7 Å². The van der Waals surface area contributed by atoms with E-state index in [4.69, 9.17) is 10.8 Å². The molecule has 0 aromatic heterocycles. The van der Waals surface area contributed by atoms with E-state index in [1.54, 1.807) is 13.8 Å². The van der Waals surface area contributed by atoms with Crippen LogP contribution in [0.3, 0.4) is 0 Å². The van der Waals surface area contributed by atoms with Crippen molar-refractivity contribution >= 4 is 23.4 Å². The molecule has 1 aromatic rings. The number of hydrogen-bond donors (Lipinski definition) is 3. The third-order valence-electron chi connectivity index (χ3n) is 2.32. The average molecular weight is 259 g/mol.